The molecular formula is C12H13N3. The fourth-order valence-corrected chi connectivity index (χ4v) is 1.39. The van der Waals surface area contributed by atoms with Crippen molar-refractivity contribution in [2.75, 3.05) is 5.73 Å². The van der Waals surface area contributed by atoms with Crippen LogP contribution in [0.15, 0.2) is 42.6 Å². The van der Waals surface area contributed by atoms with Crippen LogP contribution in [0.25, 0.3) is 11.1 Å². The van der Waals surface area contributed by atoms with Crippen LogP contribution in [0.3, 0.4) is 0 Å². The lowest BCUT2D eigenvalue weighted by Crippen LogP contribution is -1.98. The van der Waals surface area contributed by atoms with E-state index in [1.165, 1.54) is 0 Å². The standard InChI is InChI=1S/C12H13N3/c13-7-12-6-3-10(8-15-12)9-1-4-11(14)5-2-9/h1-6,8H,7,13-14H2. The number of pyridine rings is 1. The van der Waals surface area contributed by atoms with Gasteiger partial charge in [0.25, 0.3) is 0 Å². The van der Waals surface area contributed by atoms with Gasteiger partial charge in [-0.2, -0.15) is 0 Å². The molecule has 2 rings (SSSR count). The van der Waals surface area contributed by atoms with Crippen molar-refractivity contribution in [3.8, 4) is 11.1 Å². The van der Waals surface area contributed by atoms with Gasteiger partial charge in [-0.05, 0) is 23.8 Å². The second kappa shape index (κ2) is 4.11. The number of nitrogens with two attached hydrogens (primary N) is 2. The number of rotatable bonds is 2. The molecule has 0 saturated carbocycles. The van der Waals surface area contributed by atoms with Gasteiger partial charge in [-0.1, -0.05) is 18.2 Å². The second-order valence-corrected chi connectivity index (χ2v) is 3.36. The fraction of sp³-hybridized carbons (Fsp3) is 0.0833. The molecule has 0 atom stereocenters. The summed E-state index contributed by atoms with van der Waals surface area (Å²) in [5.41, 5.74) is 15.0. The maximum absolute atomic E-state index is 5.62. The predicted octanol–water partition coefficient (Wildman–Crippen LogP) is 1.79. The summed E-state index contributed by atoms with van der Waals surface area (Å²) in [6, 6.07) is 11.7. The zero-order valence-electron chi connectivity index (χ0n) is 8.35. The van der Waals surface area contributed by atoms with Crippen molar-refractivity contribution in [1.82, 2.24) is 4.98 Å². The Hall–Kier alpha value is -1.87. The molecule has 0 fully saturated rings. The van der Waals surface area contributed by atoms with Gasteiger partial charge in [-0.3, -0.25) is 4.98 Å². The van der Waals surface area contributed by atoms with E-state index in [2.05, 4.69) is 4.98 Å². The highest BCUT2D eigenvalue weighted by Crippen LogP contribution is 2.19. The topological polar surface area (TPSA) is 64.9 Å². The molecule has 0 aliphatic heterocycles. The number of nitrogens with zero attached hydrogens (tertiary/aromatic N) is 1. The van der Waals surface area contributed by atoms with Crippen LogP contribution in [-0.2, 0) is 6.54 Å². The summed E-state index contributed by atoms with van der Waals surface area (Å²) in [6.45, 7) is 0.474. The molecule has 0 unspecified atom stereocenters. The second-order valence-electron chi connectivity index (χ2n) is 3.36. The van der Waals surface area contributed by atoms with Crippen LogP contribution in [0.5, 0.6) is 0 Å². The van der Waals surface area contributed by atoms with Crippen molar-refractivity contribution in [1.29, 1.82) is 0 Å². The Balaban J connectivity index is 2.33. The van der Waals surface area contributed by atoms with Gasteiger partial charge in [-0.25, -0.2) is 0 Å². The van der Waals surface area contributed by atoms with E-state index in [-0.39, 0.29) is 0 Å². The van der Waals surface area contributed by atoms with E-state index in [1.54, 1.807) is 0 Å². The molecule has 0 amide bonds. The lowest BCUT2D eigenvalue weighted by atomic mass is 10.1. The molecule has 15 heavy (non-hydrogen) atoms. The van der Waals surface area contributed by atoms with Crippen LogP contribution < -0.4 is 11.5 Å². The SMILES string of the molecule is NCc1ccc(-c2ccc(N)cc2)cn1. The van der Waals surface area contributed by atoms with Crippen LogP contribution in [0.4, 0.5) is 5.69 Å². The summed E-state index contributed by atoms with van der Waals surface area (Å²) < 4.78 is 0. The van der Waals surface area contributed by atoms with E-state index in [0.29, 0.717) is 6.54 Å². The number of hydrogen-bond donors (Lipinski definition) is 2. The molecule has 0 aliphatic rings. The molecule has 0 spiro atoms. The summed E-state index contributed by atoms with van der Waals surface area (Å²) in [5.74, 6) is 0. The van der Waals surface area contributed by atoms with Gasteiger partial charge in [0.05, 0.1) is 5.69 Å². The Bertz CT molecular complexity index is 431. The normalized spacial score (nSPS) is 10.2. The van der Waals surface area contributed by atoms with Crippen molar-refractivity contribution in [2.45, 2.75) is 6.54 Å². The number of aromatic nitrogens is 1. The summed E-state index contributed by atoms with van der Waals surface area (Å²) >= 11 is 0. The Morgan fingerprint density at radius 3 is 2.13 bits per heavy atom. The summed E-state index contributed by atoms with van der Waals surface area (Å²) in [6.07, 6.45) is 1.83. The van der Waals surface area contributed by atoms with Gasteiger partial charge in [0.1, 0.15) is 0 Å². The number of anilines is 1. The number of nitrogen functional groups attached to an aromatic ring is 1. The molecule has 2 aromatic rings. The van der Waals surface area contributed by atoms with Crippen molar-refractivity contribution < 1.29 is 0 Å². The van der Waals surface area contributed by atoms with E-state index in [1.807, 2.05) is 42.6 Å². The quantitative estimate of drug-likeness (QED) is 0.725. The first-order valence-corrected chi connectivity index (χ1v) is 4.80. The van der Waals surface area contributed by atoms with Gasteiger partial charge in [-0.15, -0.1) is 0 Å². The average molecular weight is 199 g/mol. The average Bonchev–Trinajstić information content (AvgIpc) is 2.30. The fourth-order valence-electron chi connectivity index (χ4n) is 1.39. The molecule has 0 aliphatic carbocycles. The molecule has 3 heteroatoms. The lowest BCUT2D eigenvalue weighted by molar-refractivity contribution is 0.991. The monoisotopic (exact) mass is 199 g/mol. The molecule has 3 nitrogen and oxygen atoms in total. The molecule has 1 aromatic carbocycles. The molecule has 4 N–H and O–H groups in total. The highest BCUT2D eigenvalue weighted by Gasteiger charge is 1.97. The zero-order valence-corrected chi connectivity index (χ0v) is 8.35. The number of benzene rings is 1. The Morgan fingerprint density at radius 2 is 1.60 bits per heavy atom. The largest absolute Gasteiger partial charge is 0.399 e. The maximum atomic E-state index is 5.62. The molecule has 0 bridgehead atoms. The van der Waals surface area contributed by atoms with Gasteiger partial charge in [0.15, 0.2) is 0 Å². The van der Waals surface area contributed by atoms with Crippen LogP contribution in [0.1, 0.15) is 5.69 Å². The third kappa shape index (κ3) is 2.14. The van der Waals surface area contributed by atoms with Gasteiger partial charge in [0.2, 0.25) is 0 Å². The zero-order chi connectivity index (χ0) is 10.7. The minimum Gasteiger partial charge on any atom is -0.399 e. The first kappa shape index (κ1) is 9.68. The molecule has 1 heterocycles. The molecular weight excluding hydrogens is 186 g/mol. The van der Waals surface area contributed by atoms with Crippen molar-refractivity contribution in [2.24, 2.45) is 5.73 Å². The van der Waals surface area contributed by atoms with Gasteiger partial charge >= 0.3 is 0 Å². The first-order chi connectivity index (χ1) is 7.29. The van der Waals surface area contributed by atoms with Crippen LogP contribution in [-0.4, -0.2) is 4.98 Å². The summed E-state index contributed by atoms with van der Waals surface area (Å²) in [5, 5.41) is 0. The molecule has 0 saturated heterocycles. The highest BCUT2D eigenvalue weighted by atomic mass is 14.7. The van der Waals surface area contributed by atoms with E-state index >= 15 is 0 Å². The lowest BCUT2D eigenvalue weighted by Gasteiger charge is -2.02. The minimum atomic E-state index is 0.474. The Morgan fingerprint density at radius 1 is 0.933 bits per heavy atom. The van der Waals surface area contributed by atoms with Gasteiger partial charge in [0, 0.05) is 24.0 Å². The van der Waals surface area contributed by atoms with E-state index in [0.717, 1.165) is 22.5 Å². The smallest absolute Gasteiger partial charge is 0.0539 e. The van der Waals surface area contributed by atoms with E-state index in [4.69, 9.17) is 11.5 Å². The Kier molecular flexibility index (Phi) is 2.65. The highest BCUT2D eigenvalue weighted by molar-refractivity contribution is 5.64. The molecule has 1 aromatic heterocycles. The van der Waals surface area contributed by atoms with Crippen LogP contribution in [0, 0.1) is 0 Å². The third-order valence-electron chi connectivity index (χ3n) is 2.28. The number of hydrogen-bond acceptors (Lipinski definition) is 3. The predicted molar refractivity (Wildman–Crippen MR) is 62.0 cm³/mol. The van der Waals surface area contributed by atoms with Crippen LogP contribution in [0.2, 0.25) is 0 Å². The molecule has 0 radical (unpaired) electrons. The van der Waals surface area contributed by atoms with E-state index < -0.39 is 0 Å². The van der Waals surface area contributed by atoms with Gasteiger partial charge < -0.3 is 11.5 Å². The minimum absolute atomic E-state index is 0.474. The van der Waals surface area contributed by atoms with Crippen molar-refractivity contribution >= 4 is 5.69 Å². The van der Waals surface area contributed by atoms with Crippen molar-refractivity contribution in [3.05, 3.63) is 48.3 Å². The van der Waals surface area contributed by atoms with E-state index in [9.17, 15) is 0 Å². The van der Waals surface area contributed by atoms with Crippen LogP contribution >= 0.6 is 0 Å². The third-order valence-corrected chi connectivity index (χ3v) is 2.28. The van der Waals surface area contributed by atoms with Crippen molar-refractivity contribution in [3.63, 3.8) is 0 Å². The summed E-state index contributed by atoms with van der Waals surface area (Å²) in [4.78, 5) is 4.24. The molecule has 76 valence electrons. The first-order valence-electron chi connectivity index (χ1n) is 4.80. The Labute approximate surface area is 88.8 Å². The summed E-state index contributed by atoms with van der Waals surface area (Å²) in [7, 11) is 0. The maximum Gasteiger partial charge on any atom is 0.0539 e.